The van der Waals surface area contributed by atoms with E-state index in [1.165, 1.54) is 37.7 Å². The van der Waals surface area contributed by atoms with E-state index < -0.39 is 0 Å². The number of hydrogen-bond acceptors (Lipinski definition) is 3. The van der Waals surface area contributed by atoms with Crippen LogP contribution in [0.1, 0.15) is 63.1 Å². The molecule has 0 aromatic heterocycles. The first-order chi connectivity index (χ1) is 14.7. The van der Waals surface area contributed by atoms with Crippen molar-refractivity contribution in [1.29, 1.82) is 0 Å². The second kappa shape index (κ2) is 9.74. The van der Waals surface area contributed by atoms with E-state index in [9.17, 15) is 0 Å². The fourth-order valence-electron chi connectivity index (χ4n) is 4.75. The van der Waals surface area contributed by atoms with Crippen LogP contribution in [0.5, 0.6) is 11.5 Å². The molecule has 160 valence electrons. The molecular weight excluding hydrogens is 396 g/mol. The molecule has 1 aliphatic carbocycles. The third-order valence-corrected chi connectivity index (χ3v) is 6.41. The fraction of sp³-hybridized carbons (Fsp3) is 0.480. The average molecular weight is 428 g/mol. The van der Waals surface area contributed by atoms with Crippen molar-refractivity contribution in [2.75, 3.05) is 13.2 Å². The molecule has 1 saturated carbocycles. The molecule has 0 amide bonds. The third kappa shape index (κ3) is 4.75. The Balaban J connectivity index is 1.65. The van der Waals surface area contributed by atoms with E-state index in [0.29, 0.717) is 19.3 Å². The zero-order valence-electron chi connectivity index (χ0n) is 17.9. The zero-order valence-corrected chi connectivity index (χ0v) is 18.7. The molecule has 1 aliphatic heterocycles. The molecule has 2 aliphatic rings. The molecular formula is C25H32ClN2O2+. The van der Waals surface area contributed by atoms with Gasteiger partial charge in [-0.25, -0.2) is 0 Å². The number of hydrogen-bond donors (Lipinski definition) is 2. The van der Waals surface area contributed by atoms with Gasteiger partial charge in [0.15, 0.2) is 6.04 Å². The summed E-state index contributed by atoms with van der Waals surface area (Å²) in [7, 11) is 0. The van der Waals surface area contributed by atoms with E-state index in [1.807, 2.05) is 38.1 Å². The summed E-state index contributed by atoms with van der Waals surface area (Å²) in [6.45, 7) is 5.26. The summed E-state index contributed by atoms with van der Waals surface area (Å²) in [5.41, 5.74) is 2.31. The molecule has 1 heterocycles. The van der Waals surface area contributed by atoms with Gasteiger partial charge in [0.25, 0.3) is 5.84 Å². The van der Waals surface area contributed by atoms with Crippen LogP contribution in [0.15, 0.2) is 42.5 Å². The minimum absolute atomic E-state index is 0.207. The Labute approximate surface area is 184 Å². The summed E-state index contributed by atoms with van der Waals surface area (Å²) in [4.78, 5) is 3.76. The summed E-state index contributed by atoms with van der Waals surface area (Å²) in [5, 5.41) is 4.57. The van der Waals surface area contributed by atoms with Crippen LogP contribution >= 0.6 is 11.6 Å². The Morgan fingerprint density at radius 3 is 2.43 bits per heavy atom. The zero-order chi connectivity index (χ0) is 20.9. The largest absolute Gasteiger partial charge is 0.494 e. The maximum absolute atomic E-state index is 6.14. The summed E-state index contributed by atoms with van der Waals surface area (Å²) < 4.78 is 11.6. The van der Waals surface area contributed by atoms with Crippen molar-refractivity contribution in [1.82, 2.24) is 5.32 Å². The monoisotopic (exact) mass is 427 g/mol. The number of halogens is 1. The summed E-state index contributed by atoms with van der Waals surface area (Å²) in [6, 6.07) is 14.9. The van der Waals surface area contributed by atoms with E-state index in [2.05, 4.69) is 28.5 Å². The normalized spacial score (nSPS) is 21.4. The predicted molar refractivity (Wildman–Crippen MR) is 122 cm³/mol. The van der Waals surface area contributed by atoms with Crippen LogP contribution < -0.4 is 19.8 Å². The molecule has 4 rings (SSSR count). The van der Waals surface area contributed by atoms with Gasteiger partial charge in [-0.15, -0.1) is 0 Å². The minimum Gasteiger partial charge on any atom is -0.494 e. The highest BCUT2D eigenvalue weighted by atomic mass is 35.5. The molecule has 0 radical (unpaired) electrons. The highest BCUT2D eigenvalue weighted by molar-refractivity contribution is 6.30. The first kappa shape index (κ1) is 21.0. The molecule has 0 unspecified atom stereocenters. The quantitative estimate of drug-likeness (QED) is 0.661. The second-order valence-corrected chi connectivity index (χ2v) is 8.65. The van der Waals surface area contributed by atoms with Crippen molar-refractivity contribution in [2.24, 2.45) is 5.92 Å². The number of rotatable bonds is 8. The predicted octanol–water partition coefficient (Wildman–Crippen LogP) is 4.26. The second-order valence-electron chi connectivity index (χ2n) is 8.21. The Hall–Kier alpha value is -2.20. The topological polar surface area (TPSA) is 44.5 Å². The maximum atomic E-state index is 6.14. The van der Waals surface area contributed by atoms with Gasteiger partial charge in [0.1, 0.15) is 23.1 Å². The molecule has 0 spiro atoms. The molecule has 5 heteroatoms. The van der Waals surface area contributed by atoms with Crippen LogP contribution in [0.2, 0.25) is 5.02 Å². The lowest BCUT2D eigenvalue weighted by Gasteiger charge is -2.18. The molecule has 0 saturated heterocycles. The number of amidine groups is 1. The van der Waals surface area contributed by atoms with E-state index in [-0.39, 0.29) is 6.04 Å². The van der Waals surface area contributed by atoms with E-state index in [1.54, 1.807) is 0 Å². The molecule has 0 bridgehead atoms. The highest BCUT2D eigenvalue weighted by Gasteiger charge is 2.39. The first-order valence-corrected chi connectivity index (χ1v) is 11.6. The lowest BCUT2D eigenvalue weighted by atomic mass is 9.91. The lowest BCUT2D eigenvalue weighted by molar-refractivity contribution is -0.502. The average Bonchev–Trinajstić information content (AvgIpc) is 3.40. The highest BCUT2D eigenvalue weighted by Crippen LogP contribution is 2.33. The lowest BCUT2D eigenvalue weighted by Crippen LogP contribution is -2.72. The summed E-state index contributed by atoms with van der Waals surface area (Å²) in [5.74, 6) is 3.50. The van der Waals surface area contributed by atoms with E-state index in [4.69, 9.17) is 21.1 Å². The first-order valence-electron chi connectivity index (χ1n) is 11.2. The van der Waals surface area contributed by atoms with Crippen molar-refractivity contribution in [3.63, 3.8) is 0 Å². The van der Waals surface area contributed by atoms with Gasteiger partial charge >= 0.3 is 0 Å². The fourth-order valence-corrected chi connectivity index (χ4v) is 4.87. The van der Waals surface area contributed by atoms with Gasteiger partial charge in [0, 0.05) is 16.7 Å². The van der Waals surface area contributed by atoms with Crippen LogP contribution in [0.3, 0.4) is 0 Å². The molecule has 2 aromatic rings. The van der Waals surface area contributed by atoms with Crippen LogP contribution in [0.25, 0.3) is 0 Å². The molecule has 4 nitrogen and oxygen atoms in total. The van der Waals surface area contributed by atoms with Gasteiger partial charge < -0.3 is 9.47 Å². The Kier molecular flexibility index (Phi) is 6.83. The molecule has 2 atom stereocenters. The Bertz CT molecular complexity index is 875. The van der Waals surface area contributed by atoms with Gasteiger partial charge in [-0.1, -0.05) is 49.4 Å². The minimum atomic E-state index is 0.207. The van der Waals surface area contributed by atoms with Crippen LogP contribution in [0, 0.1) is 5.92 Å². The Morgan fingerprint density at radius 2 is 1.73 bits per heavy atom. The van der Waals surface area contributed by atoms with Gasteiger partial charge in [0.05, 0.1) is 13.2 Å². The van der Waals surface area contributed by atoms with E-state index >= 15 is 0 Å². The van der Waals surface area contributed by atoms with Crippen molar-refractivity contribution in [2.45, 2.75) is 58.0 Å². The van der Waals surface area contributed by atoms with Crippen LogP contribution in [-0.4, -0.2) is 25.1 Å². The maximum Gasteiger partial charge on any atom is 0.279 e. The van der Waals surface area contributed by atoms with E-state index in [0.717, 1.165) is 33.8 Å². The standard InChI is InChI=1S/C25H31ClN2O2/c1-3-29-20-13-14-21(23(16-20)30-4-2)25-27-22(15-17-7-5-6-8-17)24(28-25)18-9-11-19(26)12-10-18/h9-14,16-17,22,24H,3-8,15H2,1-2H3,(H,27,28)/p+1/t22-,24+/m1/s1. The van der Waals surface area contributed by atoms with Crippen molar-refractivity contribution >= 4 is 17.4 Å². The number of nitrogens with one attached hydrogen (secondary N) is 2. The van der Waals surface area contributed by atoms with Gasteiger partial charge in [0.2, 0.25) is 0 Å². The van der Waals surface area contributed by atoms with Crippen LogP contribution in [-0.2, 0) is 0 Å². The van der Waals surface area contributed by atoms with Crippen molar-refractivity contribution < 1.29 is 14.5 Å². The summed E-state index contributed by atoms with van der Waals surface area (Å²) >= 11 is 6.14. The number of benzene rings is 2. The third-order valence-electron chi connectivity index (χ3n) is 6.16. The van der Waals surface area contributed by atoms with Gasteiger partial charge in [-0.05, 0) is 50.5 Å². The molecule has 2 aromatic carbocycles. The smallest absolute Gasteiger partial charge is 0.279 e. The Morgan fingerprint density at radius 1 is 1.00 bits per heavy atom. The van der Waals surface area contributed by atoms with Gasteiger partial charge in [-0.2, -0.15) is 0 Å². The molecule has 1 fully saturated rings. The number of ether oxygens (including phenoxy) is 2. The molecule has 30 heavy (non-hydrogen) atoms. The molecule has 2 N–H and O–H groups in total. The van der Waals surface area contributed by atoms with Crippen LogP contribution in [0.4, 0.5) is 0 Å². The van der Waals surface area contributed by atoms with Gasteiger partial charge in [-0.3, -0.25) is 10.3 Å². The van der Waals surface area contributed by atoms with Crippen molar-refractivity contribution in [3.05, 3.63) is 58.6 Å². The SMILES string of the molecule is CCOc1ccc(C2=[NH+][C@@H](c3ccc(Cl)cc3)[C@@H](CC3CCCC3)N2)c(OCC)c1. The van der Waals surface area contributed by atoms with Crippen molar-refractivity contribution in [3.8, 4) is 11.5 Å². The summed E-state index contributed by atoms with van der Waals surface area (Å²) in [6.07, 6.45) is 6.58.